The Kier molecular flexibility index (Phi) is 5.25. The average molecular weight is 422 g/mol. The van der Waals surface area contributed by atoms with Crippen molar-refractivity contribution in [2.24, 2.45) is 0 Å². The van der Waals surface area contributed by atoms with Gasteiger partial charge in [0, 0.05) is 17.7 Å². The lowest BCUT2D eigenvalue weighted by Gasteiger charge is -2.10. The zero-order valence-electron chi connectivity index (χ0n) is 17.6. The molecule has 0 aliphatic carbocycles. The van der Waals surface area contributed by atoms with Gasteiger partial charge >= 0.3 is 0 Å². The van der Waals surface area contributed by atoms with E-state index in [1.807, 2.05) is 79.7 Å². The molecule has 5 aromatic rings. The largest absolute Gasteiger partial charge is 0.443 e. The molecule has 0 aliphatic rings. The van der Waals surface area contributed by atoms with Crippen LogP contribution in [0.5, 0.6) is 0 Å². The number of carbonyl (C=O) groups excluding carboxylic acids is 1. The first kappa shape index (κ1) is 19.8. The van der Waals surface area contributed by atoms with Gasteiger partial charge < -0.3 is 14.7 Å². The van der Waals surface area contributed by atoms with Crippen LogP contribution in [0, 0.1) is 6.92 Å². The van der Waals surface area contributed by atoms with Crippen LogP contribution in [0.2, 0.25) is 0 Å². The fraction of sp³-hybridized carbons (Fsp3) is 0.115. The molecule has 6 heteroatoms. The molecule has 0 unspecified atom stereocenters. The molecule has 5 rings (SSSR count). The van der Waals surface area contributed by atoms with Gasteiger partial charge in [0.05, 0.1) is 11.0 Å². The number of aromatic amines is 1. The highest BCUT2D eigenvalue weighted by atomic mass is 16.3. The van der Waals surface area contributed by atoms with E-state index in [2.05, 4.69) is 20.3 Å². The Balaban J connectivity index is 1.34. The summed E-state index contributed by atoms with van der Waals surface area (Å²) in [4.78, 5) is 25.2. The normalized spacial score (nSPS) is 11.0. The number of H-pyrrole nitrogens is 1. The van der Waals surface area contributed by atoms with Gasteiger partial charge in [0.2, 0.25) is 0 Å². The van der Waals surface area contributed by atoms with Gasteiger partial charge in [-0.25, -0.2) is 9.97 Å². The van der Waals surface area contributed by atoms with Gasteiger partial charge in [-0.2, -0.15) is 0 Å². The Morgan fingerprint density at radius 2 is 1.84 bits per heavy atom. The van der Waals surface area contributed by atoms with Crippen molar-refractivity contribution >= 4 is 22.6 Å². The minimum absolute atomic E-state index is 0.266. The van der Waals surface area contributed by atoms with Gasteiger partial charge in [-0.1, -0.05) is 54.1 Å². The van der Waals surface area contributed by atoms with E-state index < -0.39 is 0 Å². The van der Waals surface area contributed by atoms with Crippen LogP contribution in [-0.4, -0.2) is 20.9 Å². The maximum atomic E-state index is 13.0. The predicted molar refractivity (Wildman–Crippen MR) is 125 cm³/mol. The predicted octanol–water partition coefficient (Wildman–Crippen LogP) is 5.56. The van der Waals surface area contributed by atoms with E-state index in [4.69, 9.17) is 4.42 Å². The number of aryl methyl sites for hydroxylation is 3. The molecule has 0 saturated carbocycles. The van der Waals surface area contributed by atoms with Crippen molar-refractivity contribution in [1.29, 1.82) is 0 Å². The number of nitrogens with zero attached hydrogens (tertiary/aromatic N) is 2. The van der Waals surface area contributed by atoms with E-state index >= 15 is 0 Å². The lowest BCUT2D eigenvalue weighted by Crippen LogP contribution is -2.15. The molecular formula is C26H22N4O2. The summed E-state index contributed by atoms with van der Waals surface area (Å²) in [5.74, 6) is 1.09. The van der Waals surface area contributed by atoms with E-state index in [1.165, 1.54) is 6.39 Å². The quantitative estimate of drug-likeness (QED) is 0.375. The molecule has 0 saturated heterocycles. The lowest BCUT2D eigenvalue weighted by molar-refractivity contribution is 0.102. The third-order valence-corrected chi connectivity index (χ3v) is 5.40. The van der Waals surface area contributed by atoms with Crippen molar-refractivity contribution in [3.05, 3.63) is 102 Å². The number of hydrogen-bond acceptors (Lipinski definition) is 4. The molecule has 0 radical (unpaired) electrons. The number of imidazole rings is 1. The average Bonchev–Trinajstić information content (AvgIpc) is 3.45. The molecule has 1 amide bonds. The summed E-state index contributed by atoms with van der Waals surface area (Å²) in [6, 6.07) is 23.6. The van der Waals surface area contributed by atoms with Crippen LogP contribution in [-0.2, 0) is 12.8 Å². The molecule has 0 spiro atoms. The highest BCUT2D eigenvalue weighted by Crippen LogP contribution is 2.26. The van der Waals surface area contributed by atoms with Crippen LogP contribution in [0.25, 0.3) is 22.4 Å². The topological polar surface area (TPSA) is 83.8 Å². The minimum Gasteiger partial charge on any atom is -0.443 e. The van der Waals surface area contributed by atoms with Crippen molar-refractivity contribution in [1.82, 2.24) is 15.0 Å². The summed E-state index contributed by atoms with van der Waals surface area (Å²) >= 11 is 0. The van der Waals surface area contributed by atoms with Gasteiger partial charge in [0.25, 0.3) is 5.91 Å². The van der Waals surface area contributed by atoms with Crippen LogP contribution >= 0.6 is 0 Å². The number of oxazole rings is 1. The number of aromatic nitrogens is 3. The Morgan fingerprint density at radius 3 is 2.72 bits per heavy atom. The Bertz CT molecular complexity index is 1370. The Morgan fingerprint density at radius 1 is 1.00 bits per heavy atom. The summed E-state index contributed by atoms with van der Waals surface area (Å²) in [5, 5.41) is 3.01. The number of anilines is 1. The number of nitrogens with one attached hydrogen (secondary N) is 2. The van der Waals surface area contributed by atoms with Crippen LogP contribution in [0.3, 0.4) is 0 Å². The molecule has 32 heavy (non-hydrogen) atoms. The highest BCUT2D eigenvalue weighted by Gasteiger charge is 2.19. The van der Waals surface area contributed by atoms with Crippen LogP contribution in [0.15, 0.2) is 83.6 Å². The van der Waals surface area contributed by atoms with Gasteiger partial charge in [-0.3, -0.25) is 4.79 Å². The maximum absolute atomic E-state index is 13.0. The van der Waals surface area contributed by atoms with E-state index in [0.717, 1.165) is 52.1 Å². The van der Waals surface area contributed by atoms with Crippen molar-refractivity contribution < 1.29 is 9.21 Å². The number of fused-ring (bicyclic) bond motifs is 1. The smallest absolute Gasteiger partial charge is 0.278 e. The first-order chi connectivity index (χ1) is 15.7. The summed E-state index contributed by atoms with van der Waals surface area (Å²) in [6.45, 7) is 2.00. The number of para-hydroxylation sites is 3. The number of rotatable bonds is 6. The summed E-state index contributed by atoms with van der Waals surface area (Å²) in [7, 11) is 0. The second-order valence-corrected chi connectivity index (χ2v) is 7.71. The van der Waals surface area contributed by atoms with Gasteiger partial charge in [-0.05, 0) is 43.2 Å². The van der Waals surface area contributed by atoms with Crippen LogP contribution in [0.4, 0.5) is 5.69 Å². The van der Waals surface area contributed by atoms with Crippen molar-refractivity contribution in [2.45, 2.75) is 19.8 Å². The molecular weight excluding hydrogens is 400 g/mol. The molecule has 2 N–H and O–H groups in total. The number of benzene rings is 3. The number of carbonyl (C=O) groups is 1. The lowest BCUT2D eigenvalue weighted by atomic mass is 10.1. The summed E-state index contributed by atoms with van der Waals surface area (Å²) < 4.78 is 5.54. The molecule has 158 valence electrons. The van der Waals surface area contributed by atoms with Gasteiger partial charge in [-0.15, -0.1) is 0 Å². The fourth-order valence-electron chi connectivity index (χ4n) is 3.82. The molecule has 0 atom stereocenters. The third-order valence-electron chi connectivity index (χ3n) is 5.40. The van der Waals surface area contributed by atoms with Gasteiger partial charge in [0.15, 0.2) is 17.8 Å². The first-order valence-electron chi connectivity index (χ1n) is 10.5. The first-order valence-corrected chi connectivity index (χ1v) is 10.5. The summed E-state index contributed by atoms with van der Waals surface area (Å²) in [5.41, 5.74) is 5.95. The zero-order chi connectivity index (χ0) is 21.9. The monoisotopic (exact) mass is 422 g/mol. The highest BCUT2D eigenvalue weighted by molar-refractivity contribution is 6.06. The van der Waals surface area contributed by atoms with Crippen LogP contribution < -0.4 is 5.32 Å². The third kappa shape index (κ3) is 4.03. The SMILES string of the molecule is Cc1cccc(-c2ocnc2C(=O)Nc2ccccc2CCc2nc3ccccc3[nH]2)c1. The van der Waals surface area contributed by atoms with Crippen molar-refractivity contribution in [3.63, 3.8) is 0 Å². The second kappa shape index (κ2) is 8.51. The Hall–Kier alpha value is -4.19. The number of hydrogen-bond donors (Lipinski definition) is 2. The van der Waals surface area contributed by atoms with Gasteiger partial charge in [0.1, 0.15) is 5.82 Å². The molecule has 3 aromatic carbocycles. The minimum atomic E-state index is -0.300. The molecule has 0 bridgehead atoms. The second-order valence-electron chi connectivity index (χ2n) is 7.71. The zero-order valence-corrected chi connectivity index (χ0v) is 17.6. The molecule has 2 aromatic heterocycles. The van der Waals surface area contributed by atoms with E-state index in [0.29, 0.717) is 5.76 Å². The van der Waals surface area contributed by atoms with Crippen molar-refractivity contribution in [2.75, 3.05) is 5.32 Å². The summed E-state index contributed by atoms with van der Waals surface area (Å²) in [6.07, 6.45) is 2.78. The number of amides is 1. The molecule has 2 heterocycles. The molecule has 0 fully saturated rings. The van der Waals surface area contributed by atoms with Crippen molar-refractivity contribution in [3.8, 4) is 11.3 Å². The van der Waals surface area contributed by atoms with E-state index in [1.54, 1.807) is 0 Å². The Labute approximate surface area is 185 Å². The maximum Gasteiger partial charge on any atom is 0.278 e. The van der Waals surface area contributed by atoms with Crippen LogP contribution in [0.1, 0.15) is 27.4 Å². The molecule has 0 aliphatic heterocycles. The molecule has 6 nitrogen and oxygen atoms in total. The van der Waals surface area contributed by atoms with E-state index in [9.17, 15) is 4.79 Å². The standard InChI is InChI=1S/C26H22N4O2/c1-17-7-6-9-19(15-17)25-24(27-16-32-25)26(31)30-20-10-3-2-8-18(20)13-14-23-28-21-11-4-5-12-22(21)29-23/h2-12,15-16H,13-14H2,1H3,(H,28,29)(H,30,31). The van der Waals surface area contributed by atoms with E-state index in [-0.39, 0.29) is 11.6 Å². The fourth-order valence-corrected chi connectivity index (χ4v) is 3.82.